The van der Waals surface area contributed by atoms with E-state index in [1.54, 1.807) is 0 Å². The standard InChI is InChI=1S/C17H30O4Si/c1-17(2,3)22(4,5)21-13-16(19)15(18)12-20-11-14-9-7-6-8-10-14/h6-10,15-16,18-19H,11-13H2,1-5H3/t15-,16-/m1/s1. The Bertz CT molecular complexity index is 428. The molecule has 0 saturated heterocycles. The van der Waals surface area contributed by atoms with E-state index in [4.69, 9.17) is 9.16 Å². The first kappa shape index (κ1) is 19.3. The van der Waals surface area contributed by atoms with Crippen LogP contribution in [0.3, 0.4) is 0 Å². The number of rotatable bonds is 8. The molecule has 0 aliphatic heterocycles. The minimum absolute atomic E-state index is 0.0848. The third-order valence-electron chi connectivity index (χ3n) is 4.27. The molecule has 2 atom stereocenters. The molecule has 5 heteroatoms. The second-order valence-electron chi connectivity index (χ2n) is 7.21. The Hall–Kier alpha value is -0.723. The van der Waals surface area contributed by atoms with E-state index in [1.807, 2.05) is 30.3 Å². The van der Waals surface area contributed by atoms with E-state index in [-0.39, 0.29) is 18.3 Å². The molecule has 4 nitrogen and oxygen atoms in total. The zero-order valence-corrected chi connectivity index (χ0v) is 15.4. The van der Waals surface area contributed by atoms with E-state index >= 15 is 0 Å². The van der Waals surface area contributed by atoms with Crippen molar-refractivity contribution in [3.8, 4) is 0 Å². The molecule has 0 fully saturated rings. The molecule has 0 aliphatic rings. The van der Waals surface area contributed by atoms with Crippen LogP contribution in [0.2, 0.25) is 18.1 Å². The summed E-state index contributed by atoms with van der Waals surface area (Å²) in [7, 11) is -1.91. The van der Waals surface area contributed by atoms with Crippen LogP contribution in [-0.2, 0) is 15.8 Å². The van der Waals surface area contributed by atoms with E-state index in [0.717, 1.165) is 5.56 Å². The zero-order valence-electron chi connectivity index (χ0n) is 14.4. The topological polar surface area (TPSA) is 58.9 Å². The Morgan fingerprint density at radius 1 is 1.00 bits per heavy atom. The van der Waals surface area contributed by atoms with Crippen molar-refractivity contribution >= 4 is 8.32 Å². The maximum absolute atomic E-state index is 10.0. The highest BCUT2D eigenvalue weighted by molar-refractivity contribution is 6.74. The summed E-state index contributed by atoms with van der Waals surface area (Å²) in [5.41, 5.74) is 1.04. The monoisotopic (exact) mass is 326 g/mol. The van der Waals surface area contributed by atoms with Gasteiger partial charge < -0.3 is 19.4 Å². The quantitative estimate of drug-likeness (QED) is 0.721. The predicted octanol–water partition coefficient (Wildman–Crippen LogP) is 2.95. The molecular weight excluding hydrogens is 296 g/mol. The van der Waals surface area contributed by atoms with Gasteiger partial charge in [-0.05, 0) is 23.7 Å². The minimum Gasteiger partial charge on any atom is -0.414 e. The maximum atomic E-state index is 10.0. The second-order valence-corrected chi connectivity index (χ2v) is 12.0. The molecule has 0 unspecified atom stereocenters. The van der Waals surface area contributed by atoms with Gasteiger partial charge in [-0.3, -0.25) is 0 Å². The number of hydrogen-bond donors (Lipinski definition) is 2. The summed E-state index contributed by atoms with van der Waals surface area (Å²) >= 11 is 0. The Labute approximate surface area is 135 Å². The van der Waals surface area contributed by atoms with Crippen LogP contribution in [-0.4, -0.2) is 44.0 Å². The van der Waals surface area contributed by atoms with Crippen LogP contribution in [0.25, 0.3) is 0 Å². The lowest BCUT2D eigenvalue weighted by molar-refractivity contribution is -0.0580. The third-order valence-corrected chi connectivity index (χ3v) is 8.77. The molecule has 0 saturated carbocycles. The van der Waals surface area contributed by atoms with Crippen LogP contribution in [0.4, 0.5) is 0 Å². The molecule has 0 spiro atoms. The number of ether oxygens (including phenoxy) is 1. The van der Waals surface area contributed by atoms with Gasteiger partial charge >= 0.3 is 0 Å². The van der Waals surface area contributed by atoms with E-state index in [0.29, 0.717) is 6.61 Å². The number of hydrogen-bond acceptors (Lipinski definition) is 4. The van der Waals surface area contributed by atoms with Gasteiger partial charge in [-0.15, -0.1) is 0 Å². The average molecular weight is 327 g/mol. The van der Waals surface area contributed by atoms with Crippen molar-refractivity contribution in [3.63, 3.8) is 0 Å². The second kappa shape index (κ2) is 8.22. The lowest BCUT2D eigenvalue weighted by atomic mass is 10.2. The normalized spacial score (nSPS) is 15.6. The van der Waals surface area contributed by atoms with E-state index in [9.17, 15) is 10.2 Å². The molecule has 1 aromatic rings. The van der Waals surface area contributed by atoms with Gasteiger partial charge in [0, 0.05) is 0 Å². The first-order chi connectivity index (χ1) is 10.1. The smallest absolute Gasteiger partial charge is 0.192 e. The Morgan fingerprint density at radius 3 is 2.09 bits per heavy atom. The van der Waals surface area contributed by atoms with E-state index in [1.165, 1.54) is 0 Å². The van der Waals surface area contributed by atoms with E-state index in [2.05, 4.69) is 33.9 Å². The third kappa shape index (κ3) is 6.18. The molecule has 22 heavy (non-hydrogen) atoms. The molecule has 2 N–H and O–H groups in total. The highest BCUT2D eigenvalue weighted by atomic mass is 28.4. The van der Waals surface area contributed by atoms with Crippen LogP contribution < -0.4 is 0 Å². The molecule has 0 radical (unpaired) electrons. The van der Waals surface area contributed by atoms with Gasteiger partial charge in [0.2, 0.25) is 0 Å². The van der Waals surface area contributed by atoms with Crippen LogP contribution in [0.1, 0.15) is 26.3 Å². The van der Waals surface area contributed by atoms with Crippen molar-refractivity contribution < 1.29 is 19.4 Å². The van der Waals surface area contributed by atoms with Crippen molar-refractivity contribution in [2.24, 2.45) is 0 Å². The number of aliphatic hydroxyl groups excluding tert-OH is 2. The highest BCUT2D eigenvalue weighted by Crippen LogP contribution is 2.36. The molecule has 1 aromatic carbocycles. The van der Waals surface area contributed by atoms with Gasteiger partial charge in [-0.25, -0.2) is 0 Å². The van der Waals surface area contributed by atoms with Gasteiger partial charge in [0.1, 0.15) is 12.2 Å². The molecule has 1 rings (SSSR count). The summed E-state index contributed by atoms with van der Waals surface area (Å²) in [6, 6.07) is 9.75. The summed E-state index contributed by atoms with van der Waals surface area (Å²) in [4.78, 5) is 0. The van der Waals surface area contributed by atoms with Crippen LogP contribution in [0.15, 0.2) is 30.3 Å². The lowest BCUT2D eigenvalue weighted by Crippen LogP contribution is -2.45. The van der Waals surface area contributed by atoms with E-state index < -0.39 is 20.5 Å². The summed E-state index contributed by atoms with van der Waals surface area (Å²) < 4.78 is 11.4. The van der Waals surface area contributed by atoms with Crippen molar-refractivity contribution in [2.45, 2.75) is 57.7 Å². The molecule has 0 bridgehead atoms. The first-order valence-corrected chi connectivity index (χ1v) is 10.7. The maximum Gasteiger partial charge on any atom is 0.192 e. The predicted molar refractivity (Wildman–Crippen MR) is 91.3 cm³/mol. The minimum atomic E-state index is -1.91. The zero-order chi connectivity index (χ0) is 16.8. The molecule has 0 heterocycles. The molecular formula is C17H30O4Si. The first-order valence-electron chi connectivity index (χ1n) is 7.75. The SMILES string of the molecule is CC(C)(C)[Si](C)(C)OC[C@@H](O)[C@H](O)COCc1ccccc1. The summed E-state index contributed by atoms with van der Waals surface area (Å²) in [5, 5.41) is 20.1. The van der Waals surface area contributed by atoms with Gasteiger partial charge in [0.05, 0.1) is 19.8 Å². The van der Waals surface area contributed by atoms with Gasteiger partial charge in [0.25, 0.3) is 0 Å². The van der Waals surface area contributed by atoms with Crippen LogP contribution >= 0.6 is 0 Å². The van der Waals surface area contributed by atoms with Crippen molar-refractivity contribution in [1.29, 1.82) is 0 Å². The Morgan fingerprint density at radius 2 is 1.55 bits per heavy atom. The van der Waals surface area contributed by atoms with Gasteiger partial charge in [-0.1, -0.05) is 51.1 Å². The average Bonchev–Trinajstić information content (AvgIpc) is 2.44. The summed E-state index contributed by atoms with van der Waals surface area (Å²) in [5.74, 6) is 0. The molecule has 126 valence electrons. The van der Waals surface area contributed by atoms with Crippen LogP contribution in [0.5, 0.6) is 0 Å². The van der Waals surface area contributed by atoms with Gasteiger partial charge in [-0.2, -0.15) is 0 Å². The van der Waals surface area contributed by atoms with Crippen LogP contribution in [0, 0.1) is 0 Å². The molecule has 0 amide bonds. The Balaban J connectivity index is 2.32. The largest absolute Gasteiger partial charge is 0.414 e. The number of aliphatic hydroxyl groups is 2. The molecule has 0 aliphatic carbocycles. The fourth-order valence-electron chi connectivity index (χ4n) is 1.60. The molecule has 0 aromatic heterocycles. The number of benzene rings is 1. The van der Waals surface area contributed by atoms with Crippen molar-refractivity contribution in [1.82, 2.24) is 0 Å². The van der Waals surface area contributed by atoms with Gasteiger partial charge in [0.15, 0.2) is 8.32 Å². The Kier molecular flexibility index (Phi) is 7.22. The van der Waals surface area contributed by atoms with Crippen molar-refractivity contribution in [3.05, 3.63) is 35.9 Å². The summed E-state index contributed by atoms with van der Waals surface area (Å²) in [6.07, 6.45) is -1.86. The fourth-order valence-corrected chi connectivity index (χ4v) is 2.62. The fraction of sp³-hybridized carbons (Fsp3) is 0.647. The van der Waals surface area contributed by atoms with Crippen molar-refractivity contribution in [2.75, 3.05) is 13.2 Å². The highest BCUT2D eigenvalue weighted by Gasteiger charge is 2.37. The summed E-state index contributed by atoms with van der Waals surface area (Å²) in [6.45, 7) is 11.3. The lowest BCUT2D eigenvalue weighted by Gasteiger charge is -2.37.